The summed E-state index contributed by atoms with van der Waals surface area (Å²) < 4.78 is 26.9. The van der Waals surface area contributed by atoms with Gasteiger partial charge >= 0.3 is 0 Å². The van der Waals surface area contributed by atoms with Crippen LogP contribution >= 0.6 is 11.6 Å². The first kappa shape index (κ1) is 25.7. The van der Waals surface area contributed by atoms with Crippen molar-refractivity contribution in [3.63, 3.8) is 0 Å². The van der Waals surface area contributed by atoms with Crippen molar-refractivity contribution < 1.29 is 22.8 Å². The van der Waals surface area contributed by atoms with Gasteiger partial charge in [0.2, 0.25) is 21.1 Å². The Morgan fingerprint density at radius 1 is 0.941 bits per heavy atom. The van der Waals surface area contributed by atoms with Crippen molar-refractivity contribution in [2.45, 2.75) is 37.0 Å². The molecule has 1 N–H and O–H groups in total. The van der Waals surface area contributed by atoms with Crippen LogP contribution < -0.4 is 5.32 Å². The quantitative estimate of drug-likeness (QED) is 0.623. The van der Waals surface area contributed by atoms with Crippen molar-refractivity contribution in [1.29, 1.82) is 0 Å². The minimum atomic E-state index is -4.25. The molecule has 1 heterocycles. The molecule has 0 aliphatic carbocycles. The Bertz CT molecular complexity index is 1140. The molecule has 0 aromatic heterocycles. The van der Waals surface area contributed by atoms with Crippen LogP contribution in [-0.4, -0.2) is 67.5 Å². The van der Waals surface area contributed by atoms with Gasteiger partial charge in [0.1, 0.15) is 0 Å². The highest BCUT2D eigenvalue weighted by Crippen LogP contribution is 2.19. The zero-order chi connectivity index (χ0) is 24.9. The number of halogens is 1. The van der Waals surface area contributed by atoms with Crippen LogP contribution in [0, 0.1) is 6.92 Å². The number of carbonyl (C=O) groups is 3. The van der Waals surface area contributed by atoms with Gasteiger partial charge in [0.15, 0.2) is 0 Å². The average Bonchev–Trinajstić information content (AvgIpc) is 2.83. The summed E-state index contributed by atoms with van der Waals surface area (Å²) in [4.78, 5) is 41.4. The zero-order valence-corrected chi connectivity index (χ0v) is 20.7. The molecule has 8 nitrogen and oxygen atoms in total. The summed E-state index contributed by atoms with van der Waals surface area (Å²) >= 11 is 5.88. The molecule has 182 valence electrons. The fourth-order valence-electron chi connectivity index (χ4n) is 3.65. The lowest BCUT2D eigenvalue weighted by atomic mass is 10.2. The molecule has 0 spiro atoms. The molecule has 1 saturated heterocycles. The van der Waals surface area contributed by atoms with Crippen molar-refractivity contribution in [1.82, 2.24) is 15.1 Å². The van der Waals surface area contributed by atoms with E-state index in [1.807, 2.05) is 13.8 Å². The van der Waals surface area contributed by atoms with E-state index in [4.69, 9.17) is 11.6 Å². The van der Waals surface area contributed by atoms with Crippen LogP contribution in [0.1, 0.15) is 35.7 Å². The van der Waals surface area contributed by atoms with Crippen molar-refractivity contribution >= 4 is 39.2 Å². The van der Waals surface area contributed by atoms with E-state index in [0.717, 1.165) is 12.0 Å². The fraction of sp³-hybridized carbons (Fsp3) is 0.375. The van der Waals surface area contributed by atoms with Crippen LogP contribution in [0.3, 0.4) is 0 Å². The first-order chi connectivity index (χ1) is 16.1. The van der Waals surface area contributed by atoms with Gasteiger partial charge in [-0.25, -0.2) is 8.42 Å². The SMILES string of the molecule is CCCC(=O)N1CCN(C(=O)[C@@H](NC(=O)c2ccc(Cl)cc2)S(=O)(=O)c2ccc(C)cc2)CC1. The highest BCUT2D eigenvalue weighted by molar-refractivity contribution is 7.92. The third-order valence-corrected chi connectivity index (χ3v) is 7.78. The number of hydrogen-bond donors (Lipinski definition) is 1. The van der Waals surface area contributed by atoms with Crippen molar-refractivity contribution in [3.8, 4) is 0 Å². The second-order valence-electron chi connectivity index (χ2n) is 8.17. The molecule has 2 aromatic carbocycles. The smallest absolute Gasteiger partial charge is 0.261 e. The lowest BCUT2D eigenvalue weighted by Gasteiger charge is -2.36. The number of benzene rings is 2. The van der Waals surface area contributed by atoms with E-state index >= 15 is 0 Å². The van der Waals surface area contributed by atoms with E-state index in [1.54, 1.807) is 17.0 Å². The monoisotopic (exact) mass is 505 g/mol. The number of amides is 3. The highest BCUT2D eigenvalue weighted by atomic mass is 35.5. The Balaban J connectivity index is 1.86. The summed E-state index contributed by atoms with van der Waals surface area (Å²) in [6.07, 6.45) is 1.15. The Labute approximate surface area is 204 Å². The predicted octanol–water partition coefficient (Wildman–Crippen LogP) is 2.65. The summed E-state index contributed by atoms with van der Waals surface area (Å²) in [5.41, 5.74) is 1.04. The molecular formula is C24H28ClN3O5S. The van der Waals surface area contributed by atoms with Crippen LogP contribution in [0.25, 0.3) is 0 Å². The summed E-state index contributed by atoms with van der Waals surface area (Å²) in [7, 11) is -4.25. The molecule has 2 aromatic rings. The number of aryl methyl sites for hydroxylation is 1. The second-order valence-corrected chi connectivity index (χ2v) is 10.6. The van der Waals surface area contributed by atoms with Crippen LogP contribution in [0.5, 0.6) is 0 Å². The molecule has 1 fully saturated rings. The summed E-state index contributed by atoms with van der Waals surface area (Å²) in [6.45, 7) is 4.73. The Kier molecular flexibility index (Phi) is 8.33. The molecular weight excluding hydrogens is 478 g/mol. The predicted molar refractivity (Wildman–Crippen MR) is 129 cm³/mol. The van der Waals surface area contributed by atoms with E-state index < -0.39 is 27.0 Å². The second kappa shape index (κ2) is 11.0. The molecule has 1 atom stereocenters. The summed E-state index contributed by atoms with van der Waals surface area (Å²) in [5.74, 6) is -1.43. The Morgan fingerprint density at radius 3 is 2.06 bits per heavy atom. The number of nitrogens with one attached hydrogen (secondary N) is 1. The Hall–Kier alpha value is -2.91. The maximum absolute atomic E-state index is 13.5. The van der Waals surface area contributed by atoms with Crippen molar-refractivity contribution in [2.24, 2.45) is 0 Å². The van der Waals surface area contributed by atoms with Crippen molar-refractivity contribution in [3.05, 3.63) is 64.7 Å². The van der Waals surface area contributed by atoms with Crippen LogP contribution in [-0.2, 0) is 19.4 Å². The van der Waals surface area contributed by atoms with Gasteiger partial charge in [-0.2, -0.15) is 0 Å². The molecule has 3 amide bonds. The molecule has 3 rings (SSSR count). The van der Waals surface area contributed by atoms with Gasteiger partial charge in [0, 0.05) is 43.2 Å². The third-order valence-electron chi connectivity index (χ3n) is 5.66. The lowest BCUT2D eigenvalue weighted by Crippen LogP contribution is -2.57. The Morgan fingerprint density at radius 2 is 1.50 bits per heavy atom. The number of sulfone groups is 1. The van der Waals surface area contributed by atoms with Gasteiger partial charge < -0.3 is 15.1 Å². The van der Waals surface area contributed by atoms with Crippen LogP contribution in [0.4, 0.5) is 0 Å². The van der Waals surface area contributed by atoms with E-state index in [0.29, 0.717) is 24.5 Å². The number of piperazine rings is 1. The third kappa shape index (κ3) is 5.95. The topological polar surface area (TPSA) is 104 Å². The van der Waals surface area contributed by atoms with Gasteiger partial charge in [0.25, 0.3) is 11.8 Å². The molecule has 0 radical (unpaired) electrons. The first-order valence-corrected chi connectivity index (χ1v) is 13.0. The van der Waals surface area contributed by atoms with E-state index in [9.17, 15) is 22.8 Å². The van der Waals surface area contributed by atoms with Crippen LogP contribution in [0.15, 0.2) is 53.4 Å². The average molecular weight is 506 g/mol. The van der Waals surface area contributed by atoms with Crippen LogP contribution in [0.2, 0.25) is 5.02 Å². The number of hydrogen-bond acceptors (Lipinski definition) is 5. The molecule has 1 aliphatic rings. The molecule has 10 heteroatoms. The normalized spacial score (nSPS) is 15.0. The molecule has 0 bridgehead atoms. The molecule has 1 aliphatic heterocycles. The summed E-state index contributed by atoms with van der Waals surface area (Å²) in [5, 5.41) is 1.03. The highest BCUT2D eigenvalue weighted by Gasteiger charge is 2.39. The van der Waals surface area contributed by atoms with Gasteiger partial charge in [-0.1, -0.05) is 36.2 Å². The zero-order valence-electron chi connectivity index (χ0n) is 19.2. The van der Waals surface area contributed by atoms with Gasteiger partial charge in [0.05, 0.1) is 4.90 Å². The van der Waals surface area contributed by atoms with Gasteiger partial charge in [-0.05, 0) is 49.7 Å². The molecule has 34 heavy (non-hydrogen) atoms. The van der Waals surface area contributed by atoms with E-state index in [-0.39, 0.29) is 29.5 Å². The lowest BCUT2D eigenvalue weighted by molar-refractivity contribution is -0.139. The largest absolute Gasteiger partial charge is 0.339 e. The number of carbonyl (C=O) groups excluding carboxylic acids is 3. The minimum Gasteiger partial charge on any atom is -0.339 e. The molecule has 0 saturated carbocycles. The van der Waals surface area contributed by atoms with E-state index in [2.05, 4.69) is 5.32 Å². The maximum Gasteiger partial charge on any atom is 0.261 e. The fourth-order valence-corrected chi connectivity index (χ4v) is 5.24. The standard InChI is InChI=1S/C24H28ClN3O5S/c1-3-4-21(29)27-13-15-28(16-14-27)24(31)23(26-22(30)18-7-9-19(25)10-8-18)34(32,33)20-11-5-17(2)6-12-20/h5-12,23H,3-4,13-16H2,1-2H3,(H,26,30)/t23-/m0/s1. The van der Waals surface area contributed by atoms with Crippen molar-refractivity contribution in [2.75, 3.05) is 26.2 Å². The molecule has 0 unspecified atom stereocenters. The van der Waals surface area contributed by atoms with Gasteiger partial charge in [-0.3, -0.25) is 14.4 Å². The number of rotatable bonds is 7. The minimum absolute atomic E-state index is 0.00877. The van der Waals surface area contributed by atoms with E-state index in [1.165, 1.54) is 41.3 Å². The number of nitrogens with zero attached hydrogens (tertiary/aromatic N) is 2. The first-order valence-electron chi connectivity index (χ1n) is 11.1. The maximum atomic E-state index is 13.5. The summed E-state index contributed by atoms with van der Waals surface area (Å²) in [6, 6.07) is 12.0. The van der Waals surface area contributed by atoms with Gasteiger partial charge in [-0.15, -0.1) is 0 Å².